The second-order valence-electron chi connectivity index (χ2n) is 4.46. The predicted molar refractivity (Wildman–Crippen MR) is 52.3 cm³/mol. The Bertz CT molecular complexity index is 220. The van der Waals surface area contributed by atoms with Gasteiger partial charge >= 0.3 is 5.97 Å². The third kappa shape index (κ3) is 1.93. The van der Waals surface area contributed by atoms with E-state index >= 15 is 0 Å². The van der Waals surface area contributed by atoms with Gasteiger partial charge in [0.05, 0.1) is 13.0 Å². The maximum absolute atomic E-state index is 11.5. The summed E-state index contributed by atoms with van der Waals surface area (Å²) in [5.74, 6) is -0.235. The number of carbonyl (C=O) groups excluding carboxylic acids is 1. The maximum atomic E-state index is 11.5. The summed E-state index contributed by atoms with van der Waals surface area (Å²) < 4.78 is 4.80. The van der Waals surface area contributed by atoms with Crippen molar-refractivity contribution in [2.45, 2.75) is 33.1 Å². The van der Waals surface area contributed by atoms with Crippen LogP contribution in [0, 0.1) is 11.3 Å². The summed E-state index contributed by atoms with van der Waals surface area (Å²) in [6.07, 6.45) is 3.17. The van der Waals surface area contributed by atoms with Crippen molar-refractivity contribution in [2.75, 3.05) is 7.11 Å². The highest BCUT2D eigenvalue weighted by Gasteiger charge is 2.40. The first-order valence-corrected chi connectivity index (χ1v) is 4.74. The molecule has 0 N–H and O–H groups in total. The number of methoxy groups -OCH3 is 1. The minimum atomic E-state index is -0.130. The van der Waals surface area contributed by atoms with E-state index in [1.807, 2.05) is 0 Å². The SMILES string of the molecule is C=C1CCCC(C)(C)[C@H]1C(=O)OC. The molecule has 0 aromatic heterocycles. The zero-order valence-electron chi connectivity index (χ0n) is 8.72. The van der Waals surface area contributed by atoms with E-state index in [1.165, 1.54) is 7.11 Å². The number of hydrogen-bond donors (Lipinski definition) is 0. The Morgan fingerprint density at radius 3 is 2.69 bits per heavy atom. The van der Waals surface area contributed by atoms with E-state index in [1.54, 1.807) is 0 Å². The third-order valence-corrected chi connectivity index (χ3v) is 2.95. The molecule has 1 aliphatic rings. The van der Waals surface area contributed by atoms with E-state index in [-0.39, 0.29) is 17.3 Å². The van der Waals surface area contributed by atoms with Gasteiger partial charge in [-0.25, -0.2) is 0 Å². The lowest BCUT2D eigenvalue weighted by atomic mass is 9.67. The van der Waals surface area contributed by atoms with Crippen LogP contribution in [-0.2, 0) is 9.53 Å². The lowest BCUT2D eigenvalue weighted by Gasteiger charge is -2.38. The molecule has 0 heterocycles. The summed E-state index contributed by atoms with van der Waals surface area (Å²) in [6, 6.07) is 0. The van der Waals surface area contributed by atoms with E-state index in [4.69, 9.17) is 4.74 Å². The van der Waals surface area contributed by atoms with Crippen LogP contribution in [0.25, 0.3) is 0 Å². The molecule has 2 heteroatoms. The third-order valence-electron chi connectivity index (χ3n) is 2.95. The zero-order chi connectivity index (χ0) is 10.1. The highest BCUT2D eigenvalue weighted by molar-refractivity contribution is 5.76. The van der Waals surface area contributed by atoms with Crippen LogP contribution in [0.1, 0.15) is 33.1 Å². The van der Waals surface area contributed by atoms with Crippen molar-refractivity contribution in [3.05, 3.63) is 12.2 Å². The number of ether oxygens (including phenoxy) is 1. The Morgan fingerprint density at radius 1 is 1.62 bits per heavy atom. The fourth-order valence-electron chi connectivity index (χ4n) is 2.22. The fourth-order valence-corrected chi connectivity index (χ4v) is 2.22. The monoisotopic (exact) mass is 182 g/mol. The molecule has 0 saturated heterocycles. The van der Waals surface area contributed by atoms with Gasteiger partial charge in [-0.1, -0.05) is 26.0 Å². The molecule has 0 unspecified atom stereocenters. The van der Waals surface area contributed by atoms with Gasteiger partial charge in [0.2, 0.25) is 0 Å². The van der Waals surface area contributed by atoms with Gasteiger partial charge in [0.25, 0.3) is 0 Å². The van der Waals surface area contributed by atoms with Gasteiger partial charge in [0, 0.05) is 0 Å². The maximum Gasteiger partial charge on any atom is 0.313 e. The molecule has 0 spiro atoms. The van der Waals surface area contributed by atoms with Crippen molar-refractivity contribution < 1.29 is 9.53 Å². The summed E-state index contributed by atoms with van der Waals surface area (Å²) in [5.41, 5.74) is 1.05. The van der Waals surface area contributed by atoms with Crippen LogP contribution in [0.5, 0.6) is 0 Å². The van der Waals surface area contributed by atoms with Gasteiger partial charge in [-0.3, -0.25) is 4.79 Å². The quantitative estimate of drug-likeness (QED) is 0.460. The summed E-state index contributed by atoms with van der Waals surface area (Å²) in [5, 5.41) is 0. The first kappa shape index (κ1) is 10.3. The van der Waals surface area contributed by atoms with Crippen LogP contribution in [0.2, 0.25) is 0 Å². The minimum absolute atomic E-state index is 0.0163. The summed E-state index contributed by atoms with van der Waals surface area (Å²) >= 11 is 0. The second-order valence-corrected chi connectivity index (χ2v) is 4.46. The number of hydrogen-bond acceptors (Lipinski definition) is 2. The van der Waals surface area contributed by atoms with Crippen molar-refractivity contribution in [3.63, 3.8) is 0 Å². The van der Waals surface area contributed by atoms with E-state index in [9.17, 15) is 4.79 Å². The average Bonchev–Trinajstić information content (AvgIpc) is 2.02. The molecule has 1 fully saturated rings. The molecule has 0 amide bonds. The highest BCUT2D eigenvalue weighted by Crippen LogP contribution is 2.43. The van der Waals surface area contributed by atoms with Gasteiger partial charge in [-0.15, -0.1) is 0 Å². The van der Waals surface area contributed by atoms with Gasteiger partial charge in [0.1, 0.15) is 0 Å². The molecule has 0 aliphatic heterocycles. The minimum Gasteiger partial charge on any atom is -0.469 e. The number of rotatable bonds is 1. The van der Waals surface area contributed by atoms with Crippen LogP contribution >= 0.6 is 0 Å². The smallest absolute Gasteiger partial charge is 0.313 e. The molecule has 1 saturated carbocycles. The molecular formula is C11H18O2. The molecule has 0 aromatic carbocycles. The Balaban J connectivity index is 2.87. The van der Waals surface area contributed by atoms with Gasteiger partial charge < -0.3 is 4.74 Å². The lowest BCUT2D eigenvalue weighted by Crippen LogP contribution is -2.36. The molecule has 1 atom stereocenters. The van der Waals surface area contributed by atoms with Crippen molar-refractivity contribution >= 4 is 5.97 Å². The van der Waals surface area contributed by atoms with Crippen molar-refractivity contribution in [1.29, 1.82) is 0 Å². The normalized spacial score (nSPS) is 27.0. The standard InChI is InChI=1S/C11H18O2/c1-8-6-5-7-11(2,3)9(8)10(12)13-4/h9H,1,5-7H2,2-4H3/t9-/m1/s1. The Labute approximate surface area is 80.0 Å². The Hall–Kier alpha value is -0.790. The fraction of sp³-hybridized carbons (Fsp3) is 0.727. The molecule has 13 heavy (non-hydrogen) atoms. The van der Waals surface area contributed by atoms with E-state index in [0.717, 1.165) is 24.8 Å². The largest absolute Gasteiger partial charge is 0.469 e. The van der Waals surface area contributed by atoms with Crippen LogP contribution in [0.15, 0.2) is 12.2 Å². The molecule has 0 radical (unpaired) electrons. The average molecular weight is 182 g/mol. The van der Waals surface area contributed by atoms with E-state index < -0.39 is 0 Å². The molecule has 0 bridgehead atoms. The van der Waals surface area contributed by atoms with Crippen molar-refractivity contribution in [1.82, 2.24) is 0 Å². The molecule has 74 valence electrons. The Morgan fingerprint density at radius 2 is 2.23 bits per heavy atom. The summed E-state index contributed by atoms with van der Waals surface area (Å²) in [4.78, 5) is 11.5. The van der Waals surface area contributed by atoms with Crippen molar-refractivity contribution in [3.8, 4) is 0 Å². The van der Waals surface area contributed by atoms with Crippen molar-refractivity contribution in [2.24, 2.45) is 11.3 Å². The molecular weight excluding hydrogens is 164 g/mol. The highest BCUT2D eigenvalue weighted by atomic mass is 16.5. The Kier molecular flexibility index (Phi) is 2.79. The topological polar surface area (TPSA) is 26.3 Å². The first-order chi connectivity index (χ1) is 5.99. The van der Waals surface area contributed by atoms with Crippen LogP contribution < -0.4 is 0 Å². The van der Waals surface area contributed by atoms with Gasteiger partial charge in [-0.2, -0.15) is 0 Å². The van der Waals surface area contributed by atoms with Gasteiger partial charge in [0.15, 0.2) is 0 Å². The molecule has 1 aliphatic carbocycles. The zero-order valence-corrected chi connectivity index (χ0v) is 8.72. The van der Waals surface area contributed by atoms with E-state index in [2.05, 4.69) is 20.4 Å². The second kappa shape index (κ2) is 3.52. The number of esters is 1. The lowest BCUT2D eigenvalue weighted by molar-refractivity contribution is -0.148. The van der Waals surface area contributed by atoms with Crippen LogP contribution in [0.4, 0.5) is 0 Å². The predicted octanol–water partition coefficient (Wildman–Crippen LogP) is 2.54. The number of carbonyl (C=O) groups is 1. The summed E-state index contributed by atoms with van der Waals surface area (Å²) in [7, 11) is 1.44. The van der Waals surface area contributed by atoms with Gasteiger partial charge in [-0.05, 0) is 24.7 Å². The molecule has 1 rings (SSSR count). The summed E-state index contributed by atoms with van der Waals surface area (Å²) in [6.45, 7) is 8.18. The molecule has 0 aromatic rings. The first-order valence-electron chi connectivity index (χ1n) is 4.74. The van der Waals surface area contributed by atoms with Crippen LogP contribution in [0.3, 0.4) is 0 Å². The molecule has 2 nitrogen and oxygen atoms in total. The van der Waals surface area contributed by atoms with E-state index in [0.29, 0.717) is 0 Å². The van der Waals surface area contributed by atoms with Crippen LogP contribution in [-0.4, -0.2) is 13.1 Å².